The van der Waals surface area contributed by atoms with Crippen molar-refractivity contribution in [2.24, 2.45) is 5.73 Å². The van der Waals surface area contributed by atoms with Gasteiger partial charge in [0.05, 0.1) is 0 Å². The van der Waals surface area contributed by atoms with Crippen LogP contribution in [0.3, 0.4) is 0 Å². The summed E-state index contributed by atoms with van der Waals surface area (Å²) in [4.78, 5) is 2.29. The lowest BCUT2D eigenvalue weighted by Crippen LogP contribution is -2.30. The van der Waals surface area contributed by atoms with Crippen LogP contribution in [0.5, 0.6) is 0 Å². The van der Waals surface area contributed by atoms with E-state index in [1.807, 2.05) is 0 Å². The number of hydrogen-bond acceptors (Lipinski definition) is 2. The highest BCUT2D eigenvalue weighted by atomic mass is 15.1. The number of anilines is 1. The summed E-state index contributed by atoms with van der Waals surface area (Å²) in [5.74, 6) is 0. The normalized spacial score (nSPS) is 12.6. The topological polar surface area (TPSA) is 29.3 Å². The molecule has 84 valence electrons. The summed E-state index contributed by atoms with van der Waals surface area (Å²) in [6, 6.07) is 7.09. The fourth-order valence-electron chi connectivity index (χ4n) is 1.63. The molecule has 2 N–H and O–H groups in total. The highest BCUT2D eigenvalue weighted by Gasteiger charge is 2.09. The van der Waals surface area contributed by atoms with E-state index in [4.69, 9.17) is 5.73 Å². The molecule has 0 saturated heterocycles. The van der Waals surface area contributed by atoms with Crippen LogP contribution in [0.2, 0.25) is 0 Å². The number of rotatable bonds is 4. The van der Waals surface area contributed by atoms with Crippen molar-refractivity contribution in [3.63, 3.8) is 0 Å². The minimum absolute atomic E-state index is 0.497. The van der Waals surface area contributed by atoms with Crippen LogP contribution < -0.4 is 10.6 Å². The molecule has 0 aromatic heterocycles. The molecular formula is C13H22N2. The predicted octanol–water partition coefficient (Wildman–Crippen LogP) is 2.48. The Morgan fingerprint density at radius 2 is 1.93 bits per heavy atom. The molecule has 1 rings (SSSR count). The van der Waals surface area contributed by atoms with Crippen molar-refractivity contribution >= 4 is 5.69 Å². The second-order valence-electron chi connectivity index (χ2n) is 4.31. The highest BCUT2D eigenvalue weighted by Crippen LogP contribution is 2.20. The van der Waals surface area contributed by atoms with Gasteiger partial charge in [0, 0.05) is 18.8 Å². The smallest absolute Gasteiger partial charge is 0.0368 e. The monoisotopic (exact) mass is 206 g/mol. The zero-order valence-electron chi connectivity index (χ0n) is 10.2. The van der Waals surface area contributed by atoms with Crippen molar-refractivity contribution in [3.05, 3.63) is 29.3 Å². The molecular weight excluding hydrogens is 184 g/mol. The zero-order chi connectivity index (χ0) is 11.4. The molecule has 1 aromatic carbocycles. The average molecular weight is 206 g/mol. The van der Waals surface area contributed by atoms with Crippen molar-refractivity contribution in [2.75, 3.05) is 18.5 Å². The van der Waals surface area contributed by atoms with Crippen LogP contribution in [-0.4, -0.2) is 19.6 Å². The van der Waals surface area contributed by atoms with Gasteiger partial charge in [0.2, 0.25) is 0 Å². The molecule has 0 spiro atoms. The summed E-state index contributed by atoms with van der Waals surface area (Å²) in [6.07, 6.45) is 1.03. The van der Waals surface area contributed by atoms with E-state index in [0.717, 1.165) is 13.0 Å². The fraction of sp³-hybridized carbons (Fsp3) is 0.538. The molecule has 1 unspecified atom stereocenters. The molecule has 1 aromatic rings. The minimum Gasteiger partial charge on any atom is -0.372 e. The van der Waals surface area contributed by atoms with E-state index in [1.165, 1.54) is 16.8 Å². The maximum atomic E-state index is 5.57. The van der Waals surface area contributed by atoms with Gasteiger partial charge in [-0.3, -0.25) is 0 Å². The average Bonchev–Trinajstić information content (AvgIpc) is 2.21. The van der Waals surface area contributed by atoms with Gasteiger partial charge in [-0.1, -0.05) is 6.07 Å². The van der Waals surface area contributed by atoms with Crippen LogP contribution in [0.25, 0.3) is 0 Å². The molecule has 0 fully saturated rings. The quantitative estimate of drug-likeness (QED) is 0.820. The summed E-state index contributed by atoms with van der Waals surface area (Å²) >= 11 is 0. The third-order valence-electron chi connectivity index (χ3n) is 3.14. The lowest BCUT2D eigenvalue weighted by molar-refractivity contribution is 0.635. The maximum absolute atomic E-state index is 5.57. The zero-order valence-corrected chi connectivity index (χ0v) is 10.2. The fourth-order valence-corrected chi connectivity index (χ4v) is 1.63. The number of hydrogen-bond donors (Lipinski definition) is 1. The predicted molar refractivity (Wildman–Crippen MR) is 67.5 cm³/mol. The molecule has 2 nitrogen and oxygen atoms in total. The van der Waals surface area contributed by atoms with Gasteiger partial charge in [0.25, 0.3) is 0 Å². The van der Waals surface area contributed by atoms with E-state index in [0.29, 0.717) is 6.04 Å². The number of nitrogens with two attached hydrogens (primary N) is 1. The Morgan fingerprint density at radius 1 is 1.27 bits per heavy atom. The Balaban J connectivity index is 2.81. The molecule has 0 aliphatic carbocycles. The summed E-state index contributed by atoms with van der Waals surface area (Å²) in [7, 11) is 2.13. The number of aryl methyl sites for hydroxylation is 2. The van der Waals surface area contributed by atoms with Crippen molar-refractivity contribution in [1.82, 2.24) is 0 Å². The van der Waals surface area contributed by atoms with Crippen molar-refractivity contribution in [2.45, 2.75) is 33.2 Å². The van der Waals surface area contributed by atoms with Gasteiger partial charge >= 0.3 is 0 Å². The van der Waals surface area contributed by atoms with Crippen molar-refractivity contribution in [1.29, 1.82) is 0 Å². The van der Waals surface area contributed by atoms with Gasteiger partial charge in [-0.05, 0) is 57.0 Å². The third kappa shape index (κ3) is 2.96. The van der Waals surface area contributed by atoms with Gasteiger partial charge in [-0.25, -0.2) is 0 Å². The Bertz CT molecular complexity index is 320. The first-order valence-electron chi connectivity index (χ1n) is 5.56. The SMILES string of the molecule is Cc1ccc(N(C)C(C)CCN)cc1C. The Morgan fingerprint density at radius 3 is 2.47 bits per heavy atom. The molecule has 1 atom stereocenters. The van der Waals surface area contributed by atoms with E-state index in [-0.39, 0.29) is 0 Å². The third-order valence-corrected chi connectivity index (χ3v) is 3.14. The number of nitrogens with zero attached hydrogens (tertiary/aromatic N) is 1. The molecule has 0 saturated carbocycles. The summed E-state index contributed by atoms with van der Waals surface area (Å²) in [5, 5.41) is 0. The van der Waals surface area contributed by atoms with Gasteiger partial charge in [0.1, 0.15) is 0 Å². The lowest BCUT2D eigenvalue weighted by atomic mass is 10.1. The first-order valence-corrected chi connectivity index (χ1v) is 5.56. The lowest BCUT2D eigenvalue weighted by Gasteiger charge is -2.27. The van der Waals surface area contributed by atoms with E-state index in [1.54, 1.807) is 0 Å². The van der Waals surface area contributed by atoms with Crippen LogP contribution in [-0.2, 0) is 0 Å². The van der Waals surface area contributed by atoms with Gasteiger partial charge < -0.3 is 10.6 Å². The molecule has 15 heavy (non-hydrogen) atoms. The Kier molecular flexibility index (Phi) is 4.15. The van der Waals surface area contributed by atoms with Crippen molar-refractivity contribution < 1.29 is 0 Å². The van der Waals surface area contributed by atoms with Gasteiger partial charge in [0.15, 0.2) is 0 Å². The molecule has 0 amide bonds. The molecule has 0 radical (unpaired) electrons. The standard InChI is InChI=1S/C13H22N2/c1-10-5-6-13(9-11(10)2)15(4)12(3)7-8-14/h5-6,9,12H,7-8,14H2,1-4H3. The van der Waals surface area contributed by atoms with Crippen LogP contribution in [0.1, 0.15) is 24.5 Å². The van der Waals surface area contributed by atoms with Crippen LogP contribution in [0.4, 0.5) is 5.69 Å². The Hall–Kier alpha value is -1.02. The van der Waals surface area contributed by atoms with Crippen LogP contribution >= 0.6 is 0 Å². The molecule has 0 heterocycles. The molecule has 2 heteroatoms. The first kappa shape index (κ1) is 12.1. The molecule has 0 aliphatic heterocycles. The maximum Gasteiger partial charge on any atom is 0.0368 e. The van der Waals surface area contributed by atoms with Crippen molar-refractivity contribution in [3.8, 4) is 0 Å². The number of benzene rings is 1. The molecule has 0 aliphatic rings. The summed E-state index contributed by atoms with van der Waals surface area (Å²) < 4.78 is 0. The van der Waals surface area contributed by atoms with E-state index in [2.05, 4.69) is 50.9 Å². The summed E-state index contributed by atoms with van der Waals surface area (Å²) in [6.45, 7) is 7.25. The molecule has 0 bridgehead atoms. The van der Waals surface area contributed by atoms with E-state index < -0.39 is 0 Å². The second-order valence-corrected chi connectivity index (χ2v) is 4.31. The van der Waals surface area contributed by atoms with Crippen LogP contribution in [0, 0.1) is 13.8 Å². The van der Waals surface area contributed by atoms with E-state index in [9.17, 15) is 0 Å². The first-order chi connectivity index (χ1) is 7.06. The summed E-state index contributed by atoms with van der Waals surface area (Å²) in [5.41, 5.74) is 9.54. The second kappa shape index (κ2) is 5.17. The van der Waals surface area contributed by atoms with Gasteiger partial charge in [-0.15, -0.1) is 0 Å². The minimum atomic E-state index is 0.497. The van der Waals surface area contributed by atoms with Gasteiger partial charge in [-0.2, -0.15) is 0 Å². The Labute approximate surface area is 93.1 Å². The largest absolute Gasteiger partial charge is 0.372 e. The van der Waals surface area contributed by atoms with E-state index >= 15 is 0 Å². The highest BCUT2D eigenvalue weighted by molar-refractivity contribution is 5.50. The van der Waals surface area contributed by atoms with Crippen LogP contribution in [0.15, 0.2) is 18.2 Å².